The Morgan fingerprint density at radius 3 is 2.06 bits per heavy atom. The van der Waals surface area contributed by atoms with Gasteiger partial charge in [0, 0.05) is 5.54 Å². The number of nitrogens with zero attached hydrogens (tertiary/aromatic N) is 1. The van der Waals surface area contributed by atoms with Crippen LogP contribution in [-0.2, 0) is 0 Å². The third kappa shape index (κ3) is 1.62. The molecule has 0 radical (unpaired) electrons. The summed E-state index contributed by atoms with van der Waals surface area (Å²) in [6.45, 7) is 2.48. The number of aliphatic hydroxyl groups is 1. The van der Waals surface area contributed by atoms with Crippen LogP contribution in [-0.4, -0.2) is 34.7 Å². The van der Waals surface area contributed by atoms with E-state index in [-0.39, 0.29) is 11.6 Å². The molecule has 3 aliphatic rings. The fourth-order valence-electron chi connectivity index (χ4n) is 4.14. The second-order valence-corrected chi connectivity index (χ2v) is 6.14. The van der Waals surface area contributed by atoms with E-state index in [1.165, 1.54) is 70.9 Å². The highest BCUT2D eigenvalue weighted by atomic mass is 16.3. The molecule has 0 spiro atoms. The Kier molecular flexibility index (Phi) is 2.97. The predicted octanol–water partition coefficient (Wildman–Crippen LogP) is 2.56. The Labute approximate surface area is 99.0 Å². The second kappa shape index (κ2) is 4.30. The fourth-order valence-corrected chi connectivity index (χ4v) is 4.14. The minimum Gasteiger partial charge on any atom is -0.391 e. The molecule has 0 aromatic rings. The molecular weight excluding hydrogens is 198 g/mol. The van der Waals surface area contributed by atoms with Crippen LogP contribution in [0.15, 0.2) is 0 Å². The van der Waals surface area contributed by atoms with Crippen molar-refractivity contribution >= 4 is 0 Å². The molecule has 1 heterocycles. The van der Waals surface area contributed by atoms with Crippen LogP contribution in [0.5, 0.6) is 0 Å². The zero-order chi connectivity index (χ0) is 11.0. The summed E-state index contributed by atoms with van der Waals surface area (Å²) in [5, 5.41) is 10.7. The summed E-state index contributed by atoms with van der Waals surface area (Å²) in [6, 6.07) is 0. The molecule has 3 fully saturated rings. The van der Waals surface area contributed by atoms with E-state index in [0.29, 0.717) is 5.92 Å². The Balaban J connectivity index is 1.77. The van der Waals surface area contributed by atoms with Gasteiger partial charge in [0.15, 0.2) is 0 Å². The molecule has 0 bridgehead atoms. The van der Waals surface area contributed by atoms with Gasteiger partial charge in [0.2, 0.25) is 0 Å². The van der Waals surface area contributed by atoms with Crippen LogP contribution in [0, 0.1) is 5.92 Å². The van der Waals surface area contributed by atoms with E-state index in [1.807, 2.05) is 0 Å². The molecule has 1 N–H and O–H groups in total. The molecular formula is C14H25NO. The summed E-state index contributed by atoms with van der Waals surface area (Å²) in [6.07, 6.45) is 11.7. The van der Waals surface area contributed by atoms with Crippen LogP contribution in [0.3, 0.4) is 0 Å². The highest BCUT2D eigenvalue weighted by molar-refractivity contribution is 5.04. The van der Waals surface area contributed by atoms with Gasteiger partial charge in [0.1, 0.15) is 0 Å². The molecule has 1 unspecified atom stereocenters. The molecule has 2 nitrogen and oxygen atoms in total. The normalized spacial score (nSPS) is 32.8. The van der Waals surface area contributed by atoms with Gasteiger partial charge in [-0.2, -0.15) is 0 Å². The Bertz CT molecular complexity index is 237. The quantitative estimate of drug-likeness (QED) is 0.795. The van der Waals surface area contributed by atoms with Gasteiger partial charge < -0.3 is 5.11 Å². The highest BCUT2D eigenvalue weighted by Gasteiger charge is 2.49. The molecule has 3 rings (SSSR count). The van der Waals surface area contributed by atoms with Gasteiger partial charge in [-0.3, -0.25) is 4.90 Å². The molecule has 2 aliphatic carbocycles. The fraction of sp³-hybridized carbons (Fsp3) is 1.00. The van der Waals surface area contributed by atoms with Crippen molar-refractivity contribution in [2.24, 2.45) is 5.92 Å². The summed E-state index contributed by atoms with van der Waals surface area (Å²) in [7, 11) is 0. The van der Waals surface area contributed by atoms with Crippen LogP contribution < -0.4 is 0 Å². The number of rotatable bonds is 3. The molecule has 2 saturated carbocycles. The third-order valence-electron chi connectivity index (χ3n) is 5.35. The average molecular weight is 223 g/mol. The van der Waals surface area contributed by atoms with Gasteiger partial charge in [0.05, 0.1) is 6.10 Å². The molecule has 92 valence electrons. The summed E-state index contributed by atoms with van der Waals surface area (Å²) in [5.74, 6) is 0.624. The summed E-state index contributed by atoms with van der Waals surface area (Å²) in [4.78, 5) is 2.64. The van der Waals surface area contributed by atoms with Crippen molar-refractivity contribution in [1.29, 1.82) is 0 Å². The number of likely N-dealkylation sites (tertiary alicyclic amines) is 1. The lowest BCUT2D eigenvalue weighted by Gasteiger charge is -2.47. The summed E-state index contributed by atoms with van der Waals surface area (Å²) < 4.78 is 0. The zero-order valence-corrected chi connectivity index (χ0v) is 10.3. The Morgan fingerprint density at radius 1 is 0.938 bits per heavy atom. The second-order valence-electron chi connectivity index (χ2n) is 6.14. The van der Waals surface area contributed by atoms with E-state index in [0.717, 1.165) is 0 Å². The van der Waals surface area contributed by atoms with E-state index < -0.39 is 0 Å². The Morgan fingerprint density at radius 2 is 1.56 bits per heavy atom. The predicted molar refractivity (Wildman–Crippen MR) is 65.4 cm³/mol. The molecule has 0 amide bonds. The van der Waals surface area contributed by atoms with Gasteiger partial charge in [-0.25, -0.2) is 0 Å². The molecule has 2 heteroatoms. The maximum atomic E-state index is 10.7. The largest absolute Gasteiger partial charge is 0.391 e. The van der Waals surface area contributed by atoms with Crippen LogP contribution in [0.25, 0.3) is 0 Å². The topological polar surface area (TPSA) is 23.5 Å². The van der Waals surface area contributed by atoms with Crippen LogP contribution in [0.1, 0.15) is 57.8 Å². The first-order valence-corrected chi connectivity index (χ1v) is 7.26. The van der Waals surface area contributed by atoms with E-state index in [1.54, 1.807) is 0 Å². The van der Waals surface area contributed by atoms with Crippen molar-refractivity contribution < 1.29 is 5.11 Å². The molecule has 1 aliphatic heterocycles. The van der Waals surface area contributed by atoms with Gasteiger partial charge in [-0.1, -0.05) is 19.3 Å². The van der Waals surface area contributed by atoms with Gasteiger partial charge in [-0.05, 0) is 57.5 Å². The molecule has 16 heavy (non-hydrogen) atoms. The third-order valence-corrected chi connectivity index (χ3v) is 5.35. The first kappa shape index (κ1) is 11.0. The van der Waals surface area contributed by atoms with Crippen molar-refractivity contribution in [1.82, 2.24) is 4.90 Å². The average Bonchev–Trinajstić information content (AvgIpc) is 2.87. The SMILES string of the molecule is OC(C1CCC1)C1(N2CCCC2)CCCC1. The number of hydrogen-bond donors (Lipinski definition) is 1. The molecule has 0 aromatic carbocycles. The molecule has 1 atom stereocenters. The minimum atomic E-state index is -0.0261. The zero-order valence-electron chi connectivity index (χ0n) is 10.3. The van der Waals surface area contributed by atoms with E-state index in [2.05, 4.69) is 4.90 Å². The van der Waals surface area contributed by atoms with Gasteiger partial charge >= 0.3 is 0 Å². The first-order valence-electron chi connectivity index (χ1n) is 7.26. The Hall–Kier alpha value is -0.0800. The van der Waals surface area contributed by atoms with Crippen LogP contribution in [0.4, 0.5) is 0 Å². The van der Waals surface area contributed by atoms with Crippen molar-refractivity contribution in [3.05, 3.63) is 0 Å². The van der Waals surface area contributed by atoms with E-state index in [9.17, 15) is 5.11 Å². The smallest absolute Gasteiger partial charge is 0.0751 e. The molecule has 0 aromatic heterocycles. The number of aliphatic hydroxyl groups excluding tert-OH is 1. The maximum absolute atomic E-state index is 10.7. The lowest BCUT2D eigenvalue weighted by atomic mass is 9.72. The van der Waals surface area contributed by atoms with Crippen molar-refractivity contribution in [2.75, 3.05) is 13.1 Å². The lowest BCUT2D eigenvalue weighted by Crippen LogP contribution is -2.57. The summed E-state index contributed by atoms with van der Waals surface area (Å²) >= 11 is 0. The minimum absolute atomic E-state index is 0.0261. The standard InChI is InChI=1S/C14H25NO/c16-13(12-6-5-7-12)14(8-1-2-9-14)15-10-3-4-11-15/h12-13,16H,1-11H2. The summed E-state index contributed by atoms with van der Waals surface area (Å²) in [5.41, 5.74) is 0.196. The lowest BCUT2D eigenvalue weighted by molar-refractivity contribution is -0.0690. The van der Waals surface area contributed by atoms with E-state index in [4.69, 9.17) is 0 Å². The highest BCUT2D eigenvalue weighted by Crippen LogP contribution is 2.45. The van der Waals surface area contributed by atoms with Gasteiger partial charge in [-0.15, -0.1) is 0 Å². The van der Waals surface area contributed by atoms with Crippen molar-refractivity contribution in [3.8, 4) is 0 Å². The van der Waals surface area contributed by atoms with Crippen LogP contribution >= 0.6 is 0 Å². The van der Waals surface area contributed by atoms with E-state index >= 15 is 0 Å². The van der Waals surface area contributed by atoms with Crippen molar-refractivity contribution in [2.45, 2.75) is 69.4 Å². The van der Waals surface area contributed by atoms with Crippen LogP contribution in [0.2, 0.25) is 0 Å². The maximum Gasteiger partial charge on any atom is 0.0751 e. The monoisotopic (exact) mass is 223 g/mol. The van der Waals surface area contributed by atoms with Gasteiger partial charge in [0.25, 0.3) is 0 Å². The first-order chi connectivity index (χ1) is 7.83. The molecule has 1 saturated heterocycles. The number of hydrogen-bond acceptors (Lipinski definition) is 2. The van der Waals surface area contributed by atoms with Crippen molar-refractivity contribution in [3.63, 3.8) is 0 Å².